The molecule has 1 rings (SSSR count). The maximum Gasteiger partial charge on any atom is 0.253 e. The zero-order chi connectivity index (χ0) is 15.0. The van der Waals surface area contributed by atoms with Crippen molar-refractivity contribution in [2.45, 2.75) is 46.5 Å². The average Bonchev–Trinajstić information content (AvgIpc) is 2.48. The number of rotatable bonds is 8. The van der Waals surface area contributed by atoms with Gasteiger partial charge in [0, 0.05) is 23.1 Å². The van der Waals surface area contributed by atoms with E-state index in [9.17, 15) is 4.79 Å². The highest BCUT2D eigenvalue weighted by molar-refractivity contribution is 9.10. The minimum atomic E-state index is 0.148. The van der Waals surface area contributed by atoms with Crippen LogP contribution in [0.15, 0.2) is 28.7 Å². The summed E-state index contributed by atoms with van der Waals surface area (Å²) in [6.07, 6.45) is 4.84. The third-order valence-electron chi connectivity index (χ3n) is 3.78. The molecule has 0 saturated heterocycles. The van der Waals surface area contributed by atoms with Gasteiger partial charge in [0.05, 0.1) is 0 Å². The van der Waals surface area contributed by atoms with Gasteiger partial charge in [-0.1, -0.05) is 49.0 Å². The summed E-state index contributed by atoms with van der Waals surface area (Å²) in [7, 11) is 0. The Bertz CT molecular complexity index is 402. The van der Waals surface area contributed by atoms with E-state index in [1.807, 2.05) is 29.2 Å². The fourth-order valence-corrected chi connectivity index (χ4v) is 2.62. The first-order chi connectivity index (χ1) is 9.62. The summed E-state index contributed by atoms with van der Waals surface area (Å²) in [6.45, 7) is 8.15. The number of carbonyl (C=O) groups is 1. The molecular weight excluding hydrogens is 314 g/mol. The highest BCUT2D eigenvalue weighted by Gasteiger charge is 2.17. The number of halogens is 1. The fraction of sp³-hybridized carbons (Fsp3) is 0.588. The molecule has 0 aliphatic carbocycles. The number of hydrogen-bond donors (Lipinski definition) is 0. The van der Waals surface area contributed by atoms with Crippen molar-refractivity contribution < 1.29 is 4.79 Å². The molecule has 0 aliphatic rings. The van der Waals surface area contributed by atoms with Crippen molar-refractivity contribution in [3.8, 4) is 0 Å². The molecule has 0 bridgehead atoms. The fourth-order valence-electron chi connectivity index (χ4n) is 2.36. The van der Waals surface area contributed by atoms with Crippen molar-refractivity contribution in [1.82, 2.24) is 4.90 Å². The Labute approximate surface area is 131 Å². The summed E-state index contributed by atoms with van der Waals surface area (Å²) in [5.74, 6) is 0.768. The van der Waals surface area contributed by atoms with Crippen molar-refractivity contribution in [3.63, 3.8) is 0 Å². The maximum atomic E-state index is 12.5. The monoisotopic (exact) mass is 339 g/mol. The van der Waals surface area contributed by atoms with Gasteiger partial charge in [-0.25, -0.2) is 0 Å². The van der Waals surface area contributed by atoms with Gasteiger partial charge < -0.3 is 4.90 Å². The van der Waals surface area contributed by atoms with Gasteiger partial charge in [-0.05, 0) is 43.5 Å². The van der Waals surface area contributed by atoms with Crippen molar-refractivity contribution in [3.05, 3.63) is 34.3 Å². The van der Waals surface area contributed by atoms with Crippen LogP contribution < -0.4 is 0 Å². The number of unbranched alkanes of at least 4 members (excludes halogenated alkanes) is 1. The first kappa shape index (κ1) is 17.2. The summed E-state index contributed by atoms with van der Waals surface area (Å²) in [5.41, 5.74) is 0.778. The van der Waals surface area contributed by atoms with Crippen LogP contribution in [0.3, 0.4) is 0 Å². The lowest BCUT2D eigenvalue weighted by Gasteiger charge is -2.26. The largest absolute Gasteiger partial charge is 0.339 e. The molecule has 1 aromatic rings. The van der Waals surface area contributed by atoms with Gasteiger partial charge in [-0.3, -0.25) is 4.79 Å². The molecule has 2 nitrogen and oxygen atoms in total. The Kier molecular flexibility index (Phi) is 7.90. The molecule has 1 unspecified atom stereocenters. The van der Waals surface area contributed by atoms with Crippen LogP contribution in [-0.4, -0.2) is 23.9 Å². The number of hydrogen-bond acceptors (Lipinski definition) is 1. The van der Waals surface area contributed by atoms with E-state index >= 15 is 0 Å². The molecule has 1 aromatic carbocycles. The van der Waals surface area contributed by atoms with Gasteiger partial charge in [0.15, 0.2) is 0 Å². The van der Waals surface area contributed by atoms with Crippen LogP contribution in [-0.2, 0) is 0 Å². The van der Waals surface area contributed by atoms with Crippen LogP contribution in [0.1, 0.15) is 56.8 Å². The third kappa shape index (κ3) is 5.28. The summed E-state index contributed by atoms with van der Waals surface area (Å²) in [4.78, 5) is 14.5. The molecule has 1 atom stereocenters. The van der Waals surface area contributed by atoms with Crippen molar-refractivity contribution in [1.29, 1.82) is 0 Å². The first-order valence-corrected chi connectivity index (χ1v) is 8.46. The number of amides is 1. The van der Waals surface area contributed by atoms with E-state index in [-0.39, 0.29) is 5.91 Å². The van der Waals surface area contributed by atoms with E-state index in [2.05, 4.69) is 36.7 Å². The molecule has 1 amide bonds. The summed E-state index contributed by atoms with van der Waals surface area (Å²) in [5, 5.41) is 0. The number of benzene rings is 1. The Morgan fingerprint density at radius 2 is 1.85 bits per heavy atom. The van der Waals surface area contributed by atoms with E-state index in [0.29, 0.717) is 5.92 Å². The maximum absolute atomic E-state index is 12.5. The molecule has 0 fully saturated rings. The van der Waals surface area contributed by atoms with Gasteiger partial charge in [-0.15, -0.1) is 0 Å². The number of nitrogens with zero attached hydrogens (tertiary/aromatic N) is 1. The normalized spacial score (nSPS) is 12.2. The molecule has 0 saturated carbocycles. The standard InChI is InChI=1S/C17H26BrNO/c1-4-7-8-14(5-2)13-19(6-3)17(20)15-9-11-16(18)12-10-15/h9-12,14H,4-8,13H2,1-3H3. The second-order valence-electron chi connectivity index (χ2n) is 5.27. The Morgan fingerprint density at radius 1 is 1.20 bits per heavy atom. The van der Waals surface area contributed by atoms with Crippen molar-refractivity contribution in [2.24, 2.45) is 5.92 Å². The van der Waals surface area contributed by atoms with E-state index in [1.54, 1.807) is 0 Å². The summed E-state index contributed by atoms with van der Waals surface area (Å²) in [6, 6.07) is 7.63. The lowest BCUT2D eigenvalue weighted by atomic mass is 9.98. The minimum Gasteiger partial charge on any atom is -0.339 e. The van der Waals surface area contributed by atoms with E-state index in [1.165, 1.54) is 19.3 Å². The third-order valence-corrected chi connectivity index (χ3v) is 4.31. The van der Waals surface area contributed by atoms with E-state index in [4.69, 9.17) is 0 Å². The van der Waals surface area contributed by atoms with Crippen LogP contribution in [0.5, 0.6) is 0 Å². The summed E-state index contributed by atoms with van der Waals surface area (Å²) < 4.78 is 1.01. The molecule has 0 N–H and O–H groups in total. The second-order valence-corrected chi connectivity index (χ2v) is 6.18. The zero-order valence-corrected chi connectivity index (χ0v) is 14.4. The molecule has 0 radical (unpaired) electrons. The molecule has 0 heterocycles. The van der Waals surface area contributed by atoms with Gasteiger partial charge in [0.2, 0.25) is 0 Å². The van der Waals surface area contributed by atoms with Gasteiger partial charge in [0.25, 0.3) is 5.91 Å². The molecule has 20 heavy (non-hydrogen) atoms. The summed E-state index contributed by atoms with van der Waals surface area (Å²) >= 11 is 3.40. The van der Waals surface area contributed by atoms with Crippen LogP contribution in [0.25, 0.3) is 0 Å². The number of carbonyl (C=O) groups excluding carboxylic acids is 1. The van der Waals surface area contributed by atoms with Crippen LogP contribution in [0.4, 0.5) is 0 Å². The Balaban J connectivity index is 2.68. The SMILES string of the molecule is CCCCC(CC)CN(CC)C(=O)c1ccc(Br)cc1. The van der Waals surface area contributed by atoms with Crippen LogP contribution in [0, 0.1) is 5.92 Å². The molecular formula is C17H26BrNO. The predicted molar refractivity (Wildman–Crippen MR) is 89.0 cm³/mol. The molecule has 0 aliphatic heterocycles. The zero-order valence-electron chi connectivity index (χ0n) is 12.9. The molecule has 0 spiro atoms. The molecule has 112 valence electrons. The molecule has 0 aromatic heterocycles. The van der Waals surface area contributed by atoms with E-state index < -0.39 is 0 Å². The van der Waals surface area contributed by atoms with Crippen LogP contribution in [0.2, 0.25) is 0 Å². The lowest BCUT2D eigenvalue weighted by molar-refractivity contribution is 0.0732. The van der Waals surface area contributed by atoms with E-state index in [0.717, 1.165) is 29.5 Å². The minimum absolute atomic E-state index is 0.148. The highest BCUT2D eigenvalue weighted by Crippen LogP contribution is 2.17. The van der Waals surface area contributed by atoms with Gasteiger partial charge in [-0.2, -0.15) is 0 Å². The Hall–Kier alpha value is -0.830. The predicted octanol–water partition coefficient (Wildman–Crippen LogP) is 5.13. The van der Waals surface area contributed by atoms with Gasteiger partial charge in [0.1, 0.15) is 0 Å². The molecule has 3 heteroatoms. The van der Waals surface area contributed by atoms with Crippen molar-refractivity contribution >= 4 is 21.8 Å². The first-order valence-electron chi connectivity index (χ1n) is 7.67. The Morgan fingerprint density at radius 3 is 2.35 bits per heavy atom. The smallest absolute Gasteiger partial charge is 0.253 e. The quantitative estimate of drug-likeness (QED) is 0.643. The average molecular weight is 340 g/mol. The topological polar surface area (TPSA) is 20.3 Å². The lowest BCUT2D eigenvalue weighted by Crippen LogP contribution is -2.35. The highest BCUT2D eigenvalue weighted by atomic mass is 79.9. The van der Waals surface area contributed by atoms with Gasteiger partial charge >= 0.3 is 0 Å². The van der Waals surface area contributed by atoms with Crippen LogP contribution >= 0.6 is 15.9 Å². The second kappa shape index (κ2) is 9.17. The van der Waals surface area contributed by atoms with Crippen molar-refractivity contribution in [2.75, 3.05) is 13.1 Å².